The molecule has 1 aromatic carbocycles. The van der Waals surface area contributed by atoms with Crippen LogP contribution >= 0.6 is 0 Å². The number of amides is 3. The summed E-state index contributed by atoms with van der Waals surface area (Å²) in [6.45, 7) is 1.26. The summed E-state index contributed by atoms with van der Waals surface area (Å²) in [7, 11) is 0. The van der Waals surface area contributed by atoms with Gasteiger partial charge in [0.25, 0.3) is 5.91 Å². The zero-order valence-corrected chi connectivity index (χ0v) is 20.8. The lowest BCUT2D eigenvalue weighted by Crippen LogP contribution is -2.46. The molecule has 3 aromatic rings. The Morgan fingerprint density at radius 1 is 1.18 bits per heavy atom. The number of rotatable bonds is 7. The summed E-state index contributed by atoms with van der Waals surface area (Å²) in [6, 6.07) is 2.62. The van der Waals surface area contributed by atoms with Crippen LogP contribution in [0.5, 0.6) is 0 Å². The lowest BCUT2D eigenvalue weighted by Gasteiger charge is -2.21. The zero-order valence-electron chi connectivity index (χ0n) is 20.8. The second-order valence-corrected chi connectivity index (χ2v) is 9.11. The van der Waals surface area contributed by atoms with Crippen LogP contribution in [-0.2, 0) is 4.79 Å². The molecule has 10 nitrogen and oxygen atoms in total. The van der Waals surface area contributed by atoms with Crippen LogP contribution in [0.2, 0.25) is 0 Å². The van der Waals surface area contributed by atoms with Crippen molar-refractivity contribution < 1.29 is 41.4 Å². The number of carbonyl (C=O) groups excluding carboxylic acids is 2. The van der Waals surface area contributed by atoms with Gasteiger partial charge in [0, 0.05) is 37.7 Å². The average Bonchev–Trinajstić information content (AvgIpc) is 3.26. The lowest BCUT2D eigenvalue weighted by molar-refractivity contribution is -0.153. The van der Waals surface area contributed by atoms with Crippen molar-refractivity contribution in [2.24, 2.45) is 5.92 Å². The smallest absolute Gasteiger partial charge is 0.408 e. The molecule has 0 bridgehead atoms. The van der Waals surface area contributed by atoms with Crippen molar-refractivity contribution in [3.8, 4) is 5.69 Å². The quantitative estimate of drug-likeness (QED) is 0.375. The number of carbonyl (C=O) groups is 3. The molecule has 3 N–H and O–H groups in total. The molecule has 212 valence electrons. The number of hydrogen-bond acceptors (Lipinski definition) is 5. The SMILES string of the molecule is CC[C@@H](NC(=O)c1cn(-c2ccc(F)cc2F)c2nc(N3C[C@H](CNC(=O)O)CC3=O)ccc2c1=O)C(F)(F)F. The fraction of sp³-hybridized carbons (Fsp3) is 0.320. The minimum absolute atomic E-state index is 0.00367. The normalized spacial score (nSPS) is 16.3. The molecule has 2 atom stereocenters. The molecule has 1 saturated heterocycles. The van der Waals surface area contributed by atoms with Gasteiger partial charge in [-0.1, -0.05) is 6.92 Å². The summed E-state index contributed by atoms with van der Waals surface area (Å²) < 4.78 is 69.2. The highest BCUT2D eigenvalue weighted by atomic mass is 19.4. The van der Waals surface area contributed by atoms with Crippen molar-refractivity contribution in [2.45, 2.75) is 32.0 Å². The van der Waals surface area contributed by atoms with Gasteiger partial charge in [-0.15, -0.1) is 0 Å². The molecular weight excluding hydrogens is 545 g/mol. The standard InChI is InChI=1S/C25H22F5N5O5/c1-2-18(25(28,29)30)32-23(38)15-11-34(17-5-3-13(26)8-16(17)27)22-14(21(15)37)4-6-19(33-22)35-10-12(7-20(35)36)9-31-24(39)40/h3-6,8,11-12,18,31H,2,7,9-10H2,1H3,(H,32,38)(H,39,40)/t12-,18+/m0/s1. The van der Waals surface area contributed by atoms with E-state index in [9.17, 15) is 41.1 Å². The summed E-state index contributed by atoms with van der Waals surface area (Å²) in [5, 5.41) is 12.5. The molecule has 3 amide bonds. The summed E-state index contributed by atoms with van der Waals surface area (Å²) in [4.78, 5) is 55.0. The summed E-state index contributed by atoms with van der Waals surface area (Å²) in [6.07, 6.45) is -5.76. The second-order valence-electron chi connectivity index (χ2n) is 9.11. The number of hydrogen-bond donors (Lipinski definition) is 3. The van der Waals surface area contributed by atoms with Crippen molar-refractivity contribution in [2.75, 3.05) is 18.0 Å². The maximum Gasteiger partial charge on any atom is 0.408 e. The highest BCUT2D eigenvalue weighted by molar-refractivity contribution is 5.99. The van der Waals surface area contributed by atoms with E-state index in [1.54, 1.807) is 5.32 Å². The molecule has 0 saturated carbocycles. The molecule has 15 heteroatoms. The van der Waals surface area contributed by atoms with Crippen molar-refractivity contribution >= 4 is 34.8 Å². The molecule has 3 heterocycles. The number of fused-ring (bicyclic) bond motifs is 1. The Morgan fingerprint density at radius 2 is 1.90 bits per heavy atom. The fourth-order valence-corrected chi connectivity index (χ4v) is 4.39. The minimum Gasteiger partial charge on any atom is -0.465 e. The second kappa shape index (κ2) is 10.9. The Hall–Kier alpha value is -4.56. The fourth-order valence-electron chi connectivity index (χ4n) is 4.39. The van der Waals surface area contributed by atoms with Gasteiger partial charge in [0.2, 0.25) is 11.3 Å². The Bertz CT molecular complexity index is 1560. The molecule has 2 aromatic heterocycles. The Balaban J connectivity index is 1.84. The van der Waals surface area contributed by atoms with Crippen LogP contribution in [0, 0.1) is 17.6 Å². The van der Waals surface area contributed by atoms with Crippen LogP contribution in [0.25, 0.3) is 16.7 Å². The van der Waals surface area contributed by atoms with Crippen molar-refractivity contribution in [1.29, 1.82) is 0 Å². The van der Waals surface area contributed by atoms with E-state index in [2.05, 4.69) is 10.3 Å². The molecule has 4 rings (SSSR count). The lowest BCUT2D eigenvalue weighted by atomic mass is 10.1. The van der Waals surface area contributed by atoms with E-state index in [4.69, 9.17) is 5.11 Å². The van der Waals surface area contributed by atoms with Gasteiger partial charge in [0.05, 0.1) is 11.1 Å². The first-order valence-corrected chi connectivity index (χ1v) is 12.0. The highest BCUT2D eigenvalue weighted by Crippen LogP contribution is 2.27. The van der Waals surface area contributed by atoms with Gasteiger partial charge in [-0.3, -0.25) is 23.9 Å². The monoisotopic (exact) mass is 567 g/mol. The number of carboxylic acid groups (broad SMARTS) is 1. The number of pyridine rings is 2. The number of anilines is 1. The predicted octanol–water partition coefficient (Wildman–Crippen LogP) is 3.36. The van der Waals surface area contributed by atoms with Crippen molar-refractivity contribution in [3.63, 3.8) is 0 Å². The van der Waals surface area contributed by atoms with Gasteiger partial charge in [-0.2, -0.15) is 13.2 Å². The maximum atomic E-state index is 14.8. The van der Waals surface area contributed by atoms with Gasteiger partial charge >= 0.3 is 12.3 Å². The molecule has 0 unspecified atom stereocenters. The van der Waals surface area contributed by atoms with Crippen LogP contribution in [0.3, 0.4) is 0 Å². The number of halogens is 5. The number of aromatic nitrogens is 2. The average molecular weight is 567 g/mol. The highest BCUT2D eigenvalue weighted by Gasteiger charge is 2.40. The van der Waals surface area contributed by atoms with E-state index in [0.29, 0.717) is 6.07 Å². The van der Waals surface area contributed by atoms with Crippen molar-refractivity contribution in [3.05, 3.63) is 63.9 Å². The van der Waals surface area contributed by atoms with Crippen LogP contribution in [0.15, 0.2) is 41.3 Å². The third-order valence-electron chi connectivity index (χ3n) is 6.38. The first-order valence-electron chi connectivity index (χ1n) is 12.0. The van der Waals surface area contributed by atoms with Crippen LogP contribution in [0.4, 0.5) is 32.6 Å². The van der Waals surface area contributed by atoms with E-state index in [1.807, 2.05) is 0 Å². The van der Waals surface area contributed by atoms with Gasteiger partial charge in [0.1, 0.15) is 29.1 Å². The zero-order chi connectivity index (χ0) is 29.4. The Morgan fingerprint density at radius 3 is 2.52 bits per heavy atom. The molecule has 1 aliphatic rings. The first-order chi connectivity index (χ1) is 18.8. The molecule has 1 aliphatic heterocycles. The third-order valence-corrected chi connectivity index (χ3v) is 6.38. The predicted molar refractivity (Wildman–Crippen MR) is 131 cm³/mol. The van der Waals surface area contributed by atoms with Gasteiger partial charge in [0.15, 0.2) is 5.65 Å². The van der Waals surface area contributed by atoms with Crippen LogP contribution in [0.1, 0.15) is 30.1 Å². The number of benzene rings is 1. The first kappa shape index (κ1) is 28.4. The van der Waals surface area contributed by atoms with Gasteiger partial charge in [-0.05, 0) is 30.7 Å². The maximum absolute atomic E-state index is 14.8. The third kappa shape index (κ3) is 5.72. The van der Waals surface area contributed by atoms with E-state index < -0.39 is 59.2 Å². The molecular formula is C25H22F5N5O5. The topological polar surface area (TPSA) is 134 Å². The van der Waals surface area contributed by atoms with Crippen LogP contribution in [-0.4, -0.2) is 57.9 Å². The Kier molecular flexibility index (Phi) is 7.75. The minimum atomic E-state index is -4.79. The number of nitrogens with one attached hydrogen (secondary N) is 2. The van der Waals surface area contributed by atoms with E-state index in [-0.39, 0.29) is 48.0 Å². The summed E-state index contributed by atoms with van der Waals surface area (Å²) >= 11 is 0. The number of alkyl halides is 3. The summed E-state index contributed by atoms with van der Waals surface area (Å²) in [5.74, 6) is -4.19. The van der Waals surface area contributed by atoms with E-state index in [0.717, 1.165) is 22.9 Å². The van der Waals surface area contributed by atoms with E-state index in [1.165, 1.54) is 24.0 Å². The van der Waals surface area contributed by atoms with Crippen molar-refractivity contribution in [1.82, 2.24) is 20.2 Å². The molecule has 0 aliphatic carbocycles. The molecule has 0 spiro atoms. The van der Waals surface area contributed by atoms with E-state index >= 15 is 0 Å². The number of nitrogens with zero attached hydrogens (tertiary/aromatic N) is 3. The van der Waals surface area contributed by atoms with Gasteiger partial charge < -0.3 is 15.7 Å². The Labute approximate surface area is 222 Å². The van der Waals surface area contributed by atoms with Crippen LogP contribution < -0.4 is 21.0 Å². The molecule has 1 fully saturated rings. The largest absolute Gasteiger partial charge is 0.465 e. The molecule has 40 heavy (non-hydrogen) atoms. The molecule has 0 radical (unpaired) electrons. The summed E-state index contributed by atoms with van der Waals surface area (Å²) in [5.41, 5.74) is -2.37. The van der Waals surface area contributed by atoms with Gasteiger partial charge in [-0.25, -0.2) is 18.6 Å².